The maximum absolute atomic E-state index is 13.2. The molecule has 0 bridgehead atoms. The molecule has 0 aliphatic heterocycles. The van der Waals surface area contributed by atoms with Crippen molar-refractivity contribution in [2.45, 2.75) is 19.8 Å². The topological polar surface area (TPSA) is 9.23 Å². The van der Waals surface area contributed by atoms with Crippen molar-refractivity contribution in [3.8, 4) is 5.75 Å². The third-order valence-corrected chi connectivity index (χ3v) is 1.87. The second kappa shape index (κ2) is 3.73. The van der Waals surface area contributed by atoms with E-state index >= 15 is 0 Å². The first-order valence-electron chi connectivity index (χ1n) is 4.09. The second-order valence-electron chi connectivity index (χ2n) is 3.16. The molecule has 1 rings (SSSR count). The molecule has 0 aliphatic carbocycles. The fourth-order valence-corrected chi connectivity index (χ4v) is 1.23. The summed E-state index contributed by atoms with van der Waals surface area (Å²) in [7, 11) is 1.38. The van der Waals surface area contributed by atoms with E-state index in [2.05, 4.69) is 0 Å². The van der Waals surface area contributed by atoms with Crippen molar-refractivity contribution < 1.29 is 13.5 Å². The van der Waals surface area contributed by atoms with E-state index in [1.807, 2.05) is 0 Å². The first-order valence-corrected chi connectivity index (χ1v) is 4.09. The minimum absolute atomic E-state index is 0.112. The Morgan fingerprint density at radius 1 is 1.15 bits per heavy atom. The van der Waals surface area contributed by atoms with Crippen molar-refractivity contribution in [1.29, 1.82) is 0 Å². The molecule has 0 spiro atoms. The Hall–Kier alpha value is -1.12. The number of benzene rings is 1. The Balaban J connectivity index is 3.23. The standard InChI is InChI=1S/C10H12F2O/c1-6(2)10-8(11)4-7(13-3)5-9(10)12/h4-6H,1-3H3. The molecule has 1 nitrogen and oxygen atoms in total. The molecule has 0 aromatic heterocycles. The second-order valence-corrected chi connectivity index (χ2v) is 3.16. The predicted molar refractivity (Wildman–Crippen MR) is 47.0 cm³/mol. The van der Waals surface area contributed by atoms with Gasteiger partial charge in [0.15, 0.2) is 0 Å². The molecule has 0 radical (unpaired) electrons. The maximum Gasteiger partial charge on any atom is 0.133 e. The van der Waals surface area contributed by atoms with Crippen LogP contribution in [0, 0.1) is 11.6 Å². The zero-order valence-electron chi connectivity index (χ0n) is 7.90. The third kappa shape index (κ3) is 1.97. The lowest BCUT2D eigenvalue weighted by Gasteiger charge is -2.09. The minimum Gasteiger partial charge on any atom is -0.497 e. The van der Waals surface area contributed by atoms with Crippen molar-refractivity contribution in [1.82, 2.24) is 0 Å². The van der Waals surface area contributed by atoms with Crippen molar-refractivity contribution in [2.24, 2.45) is 0 Å². The highest BCUT2D eigenvalue weighted by Gasteiger charge is 2.14. The Kier molecular flexibility index (Phi) is 2.86. The first kappa shape index (κ1) is 9.96. The van der Waals surface area contributed by atoms with Crippen LogP contribution in [-0.4, -0.2) is 7.11 Å². The number of methoxy groups -OCH3 is 1. The lowest BCUT2D eigenvalue weighted by molar-refractivity contribution is 0.404. The summed E-state index contributed by atoms with van der Waals surface area (Å²) in [5, 5.41) is 0. The fourth-order valence-electron chi connectivity index (χ4n) is 1.23. The Labute approximate surface area is 76.3 Å². The minimum atomic E-state index is -0.549. The zero-order chi connectivity index (χ0) is 10.0. The Bertz CT molecular complexity index is 285. The van der Waals surface area contributed by atoms with E-state index in [0.717, 1.165) is 0 Å². The van der Waals surface area contributed by atoms with Gasteiger partial charge in [0.25, 0.3) is 0 Å². The van der Waals surface area contributed by atoms with Crippen LogP contribution in [0.5, 0.6) is 5.75 Å². The molecule has 13 heavy (non-hydrogen) atoms. The number of hydrogen-bond acceptors (Lipinski definition) is 1. The van der Waals surface area contributed by atoms with E-state index in [-0.39, 0.29) is 17.2 Å². The van der Waals surface area contributed by atoms with Crippen LogP contribution in [0.1, 0.15) is 25.3 Å². The average molecular weight is 186 g/mol. The molecular weight excluding hydrogens is 174 g/mol. The van der Waals surface area contributed by atoms with Gasteiger partial charge in [-0.15, -0.1) is 0 Å². The molecule has 1 aromatic rings. The molecule has 0 amide bonds. The fraction of sp³-hybridized carbons (Fsp3) is 0.400. The molecule has 0 atom stereocenters. The van der Waals surface area contributed by atoms with Gasteiger partial charge in [-0.1, -0.05) is 13.8 Å². The third-order valence-electron chi connectivity index (χ3n) is 1.87. The van der Waals surface area contributed by atoms with E-state index in [4.69, 9.17) is 4.74 Å². The van der Waals surface area contributed by atoms with Gasteiger partial charge in [-0.25, -0.2) is 8.78 Å². The van der Waals surface area contributed by atoms with E-state index in [1.165, 1.54) is 19.2 Å². The highest BCUT2D eigenvalue weighted by atomic mass is 19.1. The molecule has 0 unspecified atom stereocenters. The quantitative estimate of drug-likeness (QED) is 0.689. The largest absolute Gasteiger partial charge is 0.497 e. The predicted octanol–water partition coefficient (Wildman–Crippen LogP) is 3.10. The van der Waals surface area contributed by atoms with Crippen LogP contribution in [-0.2, 0) is 0 Å². The van der Waals surface area contributed by atoms with Gasteiger partial charge in [0.2, 0.25) is 0 Å². The van der Waals surface area contributed by atoms with E-state index in [1.54, 1.807) is 13.8 Å². The SMILES string of the molecule is COc1cc(F)c(C(C)C)c(F)c1. The number of ether oxygens (including phenoxy) is 1. The summed E-state index contributed by atoms with van der Waals surface area (Å²) in [5.74, 6) is -1.05. The first-order chi connectivity index (χ1) is 6.06. The summed E-state index contributed by atoms with van der Waals surface area (Å²) in [6.45, 7) is 3.49. The molecule has 0 heterocycles. The van der Waals surface area contributed by atoms with Gasteiger partial charge in [0.1, 0.15) is 17.4 Å². The molecule has 0 aliphatic rings. The highest BCUT2D eigenvalue weighted by molar-refractivity contribution is 5.32. The van der Waals surface area contributed by atoms with Gasteiger partial charge in [-0.05, 0) is 5.92 Å². The van der Waals surface area contributed by atoms with Crippen LogP contribution in [0.3, 0.4) is 0 Å². The molecule has 0 fully saturated rings. The lowest BCUT2D eigenvalue weighted by atomic mass is 10.0. The van der Waals surface area contributed by atoms with Gasteiger partial charge in [0, 0.05) is 17.7 Å². The van der Waals surface area contributed by atoms with Crippen molar-refractivity contribution >= 4 is 0 Å². The summed E-state index contributed by atoms with van der Waals surface area (Å²) >= 11 is 0. The van der Waals surface area contributed by atoms with Gasteiger partial charge < -0.3 is 4.74 Å². The van der Waals surface area contributed by atoms with Crippen LogP contribution in [0.4, 0.5) is 8.78 Å². The van der Waals surface area contributed by atoms with E-state index < -0.39 is 11.6 Å². The molecule has 0 saturated carbocycles. The summed E-state index contributed by atoms with van der Waals surface area (Å²) in [4.78, 5) is 0. The van der Waals surface area contributed by atoms with Crippen LogP contribution < -0.4 is 4.74 Å². The highest BCUT2D eigenvalue weighted by Crippen LogP contribution is 2.26. The lowest BCUT2D eigenvalue weighted by Crippen LogP contribution is -1.99. The Morgan fingerprint density at radius 2 is 1.62 bits per heavy atom. The van der Waals surface area contributed by atoms with Crippen molar-refractivity contribution in [2.75, 3.05) is 7.11 Å². The summed E-state index contributed by atoms with van der Waals surface area (Å²) in [6.07, 6.45) is 0. The summed E-state index contributed by atoms with van der Waals surface area (Å²) < 4.78 is 31.2. The molecule has 1 aromatic carbocycles. The van der Waals surface area contributed by atoms with Crippen LogP contribution in [0.15, 0.2) is 12.1 Å². The van der Waals surface area contributed by atoms with E-state index in [9.17, 15) is 8.78 Å². The van der Waals surface area contributed by atoms with Crippen molar-refractivity contribution in [3.63, 3.8) is 0 Å². The monoisotopic (exact) mass is 186 g/mol. The van der Waals surface area contributed by atoms with Gasteiger partial charge >= 0.3 is 0 Å². The van der Waals surface area contributed by atoms with E-state index in [0.29, 0.717) is 0 Å². The zero-order valence-corrected chi connectivity index (χ0v) is 7.90. The molecular formula is C10H12F2O. The smallest absolute Gasteiger partial charge is 0.133 e. The average Bonchev–Trinajstić information content (AvgIpc) is 2.02. The number of halogens is 2. The van der Waals surface area contributed by atoms with Crippen molar-refractivity contribution in [3.05, 3.63) is 29.3 Å². The van der Waals surface area contributed by atoms with Crippen LogP contribution >= 0.6 is 0 Å². The summed E-state index contributed by atoms with van der Waals surface area (Å²) in [6, 6.07) is 2.39. The van der Waals surface area contributed by atoms with Gasteiger partial charge in [0.05, 0.1) is 7.11 Å². The normalized spacial score (nSPS) is 10.6. The number of hydrogen-bond donors (Lipinski definition) is 0. The van der Waals surface area contributed by atoms with Crippen LogP contribution in [0.2, 0.25) is 0 Å². The molecule has 72 valence electrons. The molecule has 3 heteroatoms. The van der Waals surface area contributed by atoms with Gasteiger partial charge in [-0.2, -0.15) is 0 Å². The Morgan fingerprint density at radius 3 is 1.92 bits per heavy atom. The number of rotatable bonds is 2. The van der Waals surface area contributed by atoms with Gasteiger partial charge in [-0.3, -0.25) is 0 Å². The maximum atomic E-state index is 13.2. The van der Waals surface area contributed by atoms with Crippen LogP contribution in [0.25, 0.3) is 0 Å². The summed E-state index contributed by atoms with van der Waals surface area (Å²) in [5.41, 5.74) is 0.112. The molecule has 0 N–H and O–H groups in total. The molecule has 0 saturated heterocycles.